The molecule has 0 unspecified atom stereocenters. The summed E-state index contributed by atoms with van der Waals surface area (Å²) in [4.78, 5) is 26.5. The van der Waals surface area contributed by atoms with Gasteiger partial charge in [-0.3, -0.25) is 9.59 Å². The van der Waals surface area contributed by atoms with Crippen LogP contribution in [0.3, 0.4) is 0 Å². The lowest BCUT2D eigenvalue weighted by Gasteiger charge is -2.22. The first-order valence-corrected chi connectivity index (χ1v) is 9.23. The van der Waals surface area contributed by atoms with Crippen molar-refractivity contribution < 1.29 is 18.5 Å². The van der Waals surface area contributed by atoms with Crippen molar-refractivity contribution in [3.8, 4) is 11.3 Å². The first-order valence-electron chi connectivity index (χ1n) is 9.23. The molecular formula is C21H21N3O4. The fraction of sp³-hybridized carbons (Fsp3) is 0.286. The molecule has 2 amide bonds. The quantitative estimate of drug-likeness (QED) is 0.748. The third-order valence-electron chi connectivity index (χ3n) is 4.96. The van der Waals surface area contributed by atoms with Crippen LogP contribution in [0.1, 0.15) is 51.3 Å². The van der Waals surface area contributed by atoms with Crippen molar-refractivity contribution in [1.82, 2.24) is 15.4 Å². The number of benzene rings is 1. The summed E-state index contributed by atoms with van der Waals surface area (Å²) in [5, 5.41) is 6.47. The van der Waals surface area contributed by atoms with Crippen LogP contribution in [-0.4, -0.2) is 35.5 Å². The number of rotatable bonds is 4. The average Bonchev–Trinajstić information content (AvgIpc) is 3.47. The molecule has 1 atom stereocenters. The van der Waals surface area contributed by atoms with E-state index in [9.17, 15) is 9.59 Å². The van der Waals surface area contributed by atoms with Crippen LogP contribution in [0.4, 0.5) is 0 Å². The fourth-order valence-corrected chi connectivity index (χ4v) is 3.53. The molecule has 1 aliphatic rings. The van der Waals surface area contributed by atoms with Gasteiger partial charge in [0.25, 0.3) is 11.8 Å². The maximum atomic E-state index is 13.0. The highest BCUT2D eigenvalue weighted by Gasteiger charge is 2.33. The van der Waals surface area contributed by atoms with Gasteiger partial charge in [0.2, 0.25) is 0 Å². The Labute approximate surface area is 162 Å². The molecule has 3 heterocycles. The monoisotopic (exact) mass is 379 g/mol. The number of amides is 2. The second kappa shape index (κ2) is 7.34. The highest BCUT2D eigenvalue weighted by Crippen LogP contribution is 2.33. The molecule has 0 radical (unpaired) electrons. The standard InChI is InChI=1S/C21H21N3O4/c1-13-12-19(28-23-13)16-4-3-11-24(16)21(26)15-7-5-14(6-8-15)17-9-10-18(27-17)20(25)22-2/h5-10,12,16H,3-4,11H2,1-2H3,(H,22,25)/t16-/m1/s1. The summed E-state index contributed by atoms with van der Waals surface area (Å²) in [6, 6.07) is 12.4. The number of likely N-dealkylation sites (tertiary alicyclic amines) is 1. The van der Waals surface area contributed by atoms with Gasteiger partial charge < -0.3 is 19.2 Å². The number of furan rings is 1. The molecule has 1 N–H and O–H groups in total. The fourth-order valence-electron chi connectivity index (χ4n) is 3.53. The van der Waals surface area contributed by atoms with Crippen molar-refractivity contribution in [3.05, 3.63) is 65.2 Å². The minimum Gasteiger partial charge on any atom is -0.451 e. The molecular weight excluding hydrogens is 358 g/mol. The molecule has 7 heteroatoms. The topological polar surface area (TPSA) is 88.6 Å². The van der Waals surface area contributed by atoms with Gasteiger partial charge in [-0.15, -0.1) is 0 Å². The van der Waals surface area contributed by atoms with E-state index >= 15 is 0 Å². The normalized spacial score (nSPS) is 16.4. The first-order chi connectivity index (χ1) is 13.6. The zero-order chi connectivity index (χ0) is 19.7. The summed E-state index contributed by atoms with van der Waals surface area (Å²) in [6.07, 6.45) is 1.80. The first kappa shape index (κ1) is 18.0. The van der Waals surface area contributed by atoms with Crippen LogP contribution < -0.4 is 5.32 Å². The van der Waals surface area contributed by atoms with Gasteiger partial charge in [0.05, 0.1) is 11.7 Å². The van der Waals surface area contributed by atoms with Crippen LogP contribution in [0.2, 0.25) is 0 Å². The van der Waals surface area contributed by atoms with Crippen molar-refractivity contribution >= 4 is 11.8 Å². The Morgan fingerprint density at radius 2 is 1.96 bits per heavy atom. The van der Waals surface area contributed by atoms with Crippen LogP contribution in [-0.2, 0) is 0 Å². The van der Waals surface area contributed by atoms with Crippen LogP contribution in [0, 0.1) is 6.92 Å². The average molecular weight is 379 g/mol. The number of nitrogens with zero attached hydrogens (tertiary/aromatic N) is 2. The van der Waals surface area contributed by atoms with E-state index in [0.29, 0.717) is 17.9 Å². The molecule has 0 bridgehead atoms. The highest BCUT2D eigenvalue weighted by atomic mass is 16.5. The van der Waals surface area contributed by atoms with Gasteiger partial charge in [-0.2, -0.15) is 0 Å². The highest BCUT2D eigenvalue weighted by molar-refractivity contribution is 5.95. The van der Waals surface area contributed by atoms with Gasteiger partial charge >= 0.3 is 0 Å². The number of aromatic nitrogens is 1. The second-order valence-electron chi connectivity index (χ2n) is 6.85. The van der Waals surface area contributed by atoms with E-state index in [-0.39, 0.29) is 23.6 Å². The molecule has 28 heavy (non-hydrogen) atoms. The van der Waals surface area contributed by atoms with Gasteiger partial charge in [0, 0.05) is 30.8 Å². The largest absolute Gasteiger partial charge is 0.451 e. The Hall–Kier alpha value is -3.35. The smallest absolute Gasteiger partial charge is 0.286 e. The van der Waals surface area contributed by atoms with Crippen LogP contribution in [0.25, 0.3) is 11.3 Å². The lowest BCUT2D eigenvalue weighted by molar-refractivity contribution is 0.0714. The lowest BCUT2D eigenvalue weighted by atomic mass is 10.1. The zero-order valence-corrected chi connectivity index (χ0v) is 15.8. The number of hydrogen-bond donors (Lipinski definition) is 1. The van der Waals surface area contributed by atoms with Crippen molar-refractivity contribution in [3.63, 3.8) is 0 Å². The van der Waals surface area contributed by atoms with Gasteiger partial charge in [-0.1, -0.05) is 17.3 Å². The predicted molar refractivity (Wildman–Crippen MR) is 102 cm³/mol. The van der Waals surface area contributed by atoms with Gasteiger partial charge in [-0.25, -0.2) is 0 Å². The summed E-state index contributed by atoms with van der Waals surface area (Å²) in [6.45, 7) is 2.57. The molecule has 3 aromatic rings. The number of carbonyl (C=O) groups excluding carboxylic acids is 2. The Morgan fingerprint density at radius 3 is 2.64 bits per heavy atom. The molecule has 4 rings (SSSR count). The molecule has 2 aromatic heterocycles. The summed E-state index contributed by atoms with van der Waals surface area (Å²) in [5.74, 6) is 1.25. The van der Waals surface area contributed by atoms with E-state index in [1.54, 1.807) is 31.3 Å². The van der Waals surface area contributed by atoms with Crippen molar-refractivity contribution in [2.75, 3.05) is 13.6 Å². The van der Waals surface area contributed by atoms with Crippen molar-refractivity contribution in [1.29, 1.82) is 0 Å². The maximum absolute atomic E-state index is 13.0. The Bertz CT molecular complexity index is 1000. The molecule has 0 saturated carbocycles. The van der Waals surface area contributed by atoms with E-state index in [0.717, 1.165) is 29.9 Å². The summed E-state index contributed by atoms with van der Waals surface area (Å²) in [5.41, 5.74) is 2.22. The Morgan fingerprint density at radius 1 is 1.18 bits per heavy atom. The summed E-state index contributed by atoms with van der Waals surface area (Å²) in [7, 11) is 1.55. The SMILES string of the molecule is CNC(=O)c1ccc(-c2ccc(C(=O)N3CCC[C@@H]3c3cc(C)no3)cc2)o1. The zero-order valence-electron chi connectivity index (χ0n) is 15.8. The van der Waals surface area contributed by atoms with Gasteiger partial charge in [-0.05, 0) is 44.0 Å². The molecule has 1 fully saturated rings. The number of nitrogens with one attached hydrogen (secondary N) is 1. The second-order valence-corrected chi connectivity index (χ2v) is 6.85. The van der Waals surface area contributed by atoms with E-state index in [4.69, 9.17) is 8.94 Å². The lowest BCUT2D eigenvalue weighted by Crippen LogP contribution is -2.30. The van der Waals surface area contributed by atoms with E-state index in [1.165, 1.54) is 0 Å². The minimum absolute atomic E-state index is 0.0337. The molecule has 1 aliphatic heterocycles. The third-order valence-corrected chi connectivity index (χ3v) is 4.96. The number of hydrogen-bond acceptors (Lipinski definition) is 5. The number of carbonyl (C=O) groups is 2. The van der Waals surface area contributed by atoms with Crippen LogP contribution in [0.5, 0.6) is 0 Å². The summed E-state index contributed by atoms with van der Waals surface area (Å²) < 4.78 is 11.0. The molecule has 1 aromatic carbocycles. The molecule has 0 aliphatic carbocycles. The van der Waals surface area contributed by atoms with E-state index < -0.39 is 0 Å². The molecule has 1 saturated heterocycles. The summed E-state index contributed by atoms with van der Waals surface area (Å²) >= 11 is 0. The van der Waals surface area contributed by atoms with E-state index in [1.807, 2.05) is 30.0 Å². The Balaban J connectivity index is 1.52. The van der Waals surface area contributed by atoms with Crippen molar-refractivity contribution in [2.45, 2.75) is 25.8 Å². The predicted octanol–water partition coefficient (Wildman–Crippen LogP) is 3.58. The Kier molecular flexibility index (Phi) is 4.73. The van der Waals surface area contributed by atoms with Crippen LogP contribution in [0.15, 0.2) is 51.4 Å². The molecule has 7 nitrogen and oxygen atoms in total. The third kappa shape index (κ3) is 3.31. The van der Waals surface area contributed by atoms with Gasteiger partial charge in [0.1, 0.15) is 5.76 Å². The maximum Gasteiger partial charge on any atom is 0.286 e. The molecule has 0 spiro atoms. The molecule has 144 valence electrons. The number of aryl methyl sites for hydroxylation is 1. The van der Waals surface area contributed by atoms with Gasteiger partial charge in [0.15, 0.2) is 11.5 Å². The van der Waals surface area contributed by atoms with Crippen molar-refractivity contribution in [2.24, 2.45) is 0 Å². The van der Waals surface area contributed by atoms with Crippen LogP contribution >= 0.6 is 0 Å². The minimum atomic E-state index is -0.277. The van der Waals surface area contributed by atoms with E-state index in [2.05, 4.69) is 10.5 Å².